The van der Waals surface area contributed by atoms with Crippen LogP contribution in [0.15, 0.2) is 94.2 Å². The van der Waals surface area contributed by atoms with E-state index in [9.17, 15) is 28.1 Å². The largest absolute Gasteiger partial charge is 0.461 e. The number of Topliss-reactive ketones (excluding diaryl/α,β-unsaturated/α-hetero) is 1. The van der Waals surface area contributed by atoms with Gasteiger partial charge in [-0.15, -0.1) is 0 Å². The highest BCUT2D eigenvalue weighted by atomic mass is 32.2. The van der Waals surface area contributed by atoms with Crippen molar-refractivity contribution in [3.05, 3.63) is 112 Å². The number of carbonyl (C=O) groups is 2. The third-order valence-electron chi connectivity index (χ3n) is 6.20. The van der Waals surface area contributed by atoms with Crippen molar-refractivity contribution in [3.63, 3.8) is 0 Å². The molecule has 0 atom stereocenters. The molecule has 190 valence electrons. The van der Waals surface area contributed by atoms with Crippen LogP contribution < -0.4 is 4.31 Å². The molecule has 0 fully saturated rings. The van der Waals surface area contributed by atoms with Crippen LogP contribution in [-0.2, 0) is 10.0 Å². The van der Waals surface area contributed by atoms with Gasteiger partial charge in [-0.2, -0.15) is 4.31 Å². The lowest BCUT2D eigenvalue weighted by atomic mass is 10.1. The standard InChI is InChI=1S/C28H20N2O7S/c1-17(31)27-18(2)37-26-14-12-23(16-25(26)27)29(28(32)20-7-10-22(11-8-20)30(33)34)38(35,36)24-13-9-19-5-3-4-6-21(19)15-24/h3-16H,1-2H3. The molecule has 10 heteroatoms. The number of carbonyl (C=O) groups excluding carboxylic acids is 2. The molecule has 0 N–H and O–H groups in total. The van der Waals surface area contributed by atoms with Gasteiger partial charge in [0.05, 0.1) is 21.1 Å². The van der Waals surface area contributed by atoms with Crippen LogP contribution in [0.4, 0.5) is 11.4 Å². The lowest BCUT2D eigenvalue weighted by Gasteiger charge is -2.23. The summed E-state index contributed by atoms with van der Waals surface area (Å²) >= 11 is 0. The van der Waals surface area contributed by atoms with Crippen LogP contribution in [0.25, 0.3) is 21.7 Å². The van der Waals surface area contributed by atoms with Crippen molar-refractivity contribution in [1.82, 2.24) is 0 Å². The average Bonchev–Trinajstić information content (AvgIpc) is 3.23. The van der Waals surface area contributed by atoms with E-state index in [1.807, 2.05) is 12.1 Å². The maximum Gasteiger partial charge on any atom is 0.272 e. The van der Waals surface area contributed by atoms with E-state index in [4.69, 9.17) is 4.42 Å². The number of rotatable bonds is 6. The summed E-state index contributed by atoms with van der Waals surface area (Å²) < 4.78 is 34.4. The molecule has 0 radical (unpaired) electrons. The van der Waals surface area contributed by atoms with Crippen LogP contribution in [0.1, 0.15) is 33.4 Å². The van der Waals surface area contributed by atoms with E-state index in [-0.39, 0.29) is 33.2 Å². The van der Waals surface area contributed by atoms with Crippen LogP contribution in [0.2, 0.25) is 0 Å². The normalized spacial score (nSPS) is 11.5. The molecule has 5 rings (SSSR count). The monoisotopic (exact) mass is 528 g/mol. The minimum atomic E-state index is -4.48. The maximum absolute atomic E-state index is 14.0. The molecule has 4 aromatic carbocycles. The molecule has 0 bridgehead atoms. The molecule has 1 heterocycles. The Labute approximate surface area is 217 Å². The Kier molecular flexibility index (Phi) is 6.04. The van der Waals surface area contributed by atoms with Crippen molar-refractivity contribution in [2.75, 3.05) is 4.31 Å². The van der Waals surface area contributed by atoms with Gasteiger partial charge >= 0.3 is 0 Å². The predicted molar refractivity (Wildman–Crippen MR) is 142 cm³/mol. The molecular weight excluding hydrogens is 508 g/mol. The van der Waals surface area contributed by atoms with Crippen LogP contribution in [0.3, 0.4) is 0 Å². The quantitative estimate of drug-likeness (QED) is 0.149. The number of hydrogen-bond donors (Lipinski definition) is 0. The first-order valence-corrected chi connectivity index (χ1v) is 12.9. The minimum absolute atomic E-state index is 0.0164. The summed E-state index contributed by atoms with van der Waals surface area (Å²) in [5, 5.41) is 12.9. The van der Waals surface area contributed by atoms with E-state index in [0.717, 1.165) is 17.5 Å². The number of nitrogens with zero attached hydrogens (tertiary/aromatic N) is 2. The molecule has 9 nitrogen and oxygen atoms in total. The Morgan fingerprint density at radius 1 is 0.895 bits per heavy atom. The lowest BCUT2D eigenvalue weighted by molar-refractivity contribution is -0.384. The molecule has 5 aromatic rings. The number of amides is 1. The Morgan fingerprint density at radius 2 is 1.58 bits per heavy atom. The number of nitro groups is 1. The number of ketones is 1. The maximum atomic E-state index is 14.0. The van der Waals surface area contributed by atoms with E-state index < -0.39 is 20.9 Å². The Balaban J connectivity index is 1.72. The van der Waals surface area contributed by atoms with E-state index >= 15 is 0 Å². The molecule has 0 saturated heterocycles. The number of furan rings is 1. The highest BCUT2D eigenvalue weighted by Gasteiger charge is 2.33. The molecule has 0 saturated carbocycles. The van der Waals surface area contributed by atoms with Gasteiger partial charge in [-0.1, -0.05) is 30.3 Å². The van der Waals surface area contributed by atoms with Crippen LogP contribution in [-0.4, -0.2) is 25.0 Å². The fourth-order valence-corrected chi connectivity index (χ4v) is 5.85. The first-order valence-electron chi connectivity index (χ1n) is 11.4. The van der Waals surface area contributed by atoms with Gasteiger partial charge in [0.2, 0.25) is 0 Å². The highest BCUT2D eigenvalue weighted by molar-refractivity contribution is 7.93. The fourth-order valence-electron chi connectivity index (χ4n) is 4.41. The molecule has 0 aliphatic heterocycles. The van der Waals surface area contributed by atoms with Crippen molar-refractivity contribution >= 4 is 54.8 Å². The third-order valence-corrected chi connectivity index (χ3v) is 7.91. The second-order valence-electron chi connectivity index (χ2n) is 8.66. The average molecular weight is 529 g/mol. The van der Waals surface area contributed by atoms with Gasteiger partial charge in [0.25, 0.3) is 21.6 Å². The lowest BCUT2D eigenvalue weighted by Crippen LogP contribution is -2.37. The zero-order valence-corrected chi connectivity index (χ0v) is 21.1. The first kappa shape index (κ1) is 24.8. The van der Waals surface area contributed by atoms with Gasteiger partial charge in [0.1, 0.15) is 11.3 Å². The van der Waals surface area contributed by atoms with Gasteiger partial charge in [0, 0.05) is 23.1 Å². The molecule has 0 aliphatic carbocycles. The number of hydrogen-bond acceptors (Lipinski definition) is 7. The SMILES string of the molecule is CC(=O)c1c(C)oc2ccc(N(C(=O)c3ccc([N+](=O)[O-])cc3)S(=O)(=O)c3ccc4ccccc4c3)cc12. The Bertz CT molecular complexity index is 1870. The molecule has 38 heavy (non-hydrogen) atoms. The van der Waals surface area contributed by atoms with E-state index in [1.54, 1.807) is 25.1 Å². The number of aryl methyl sites for hydroxylation is 1. The van der Waals surface area contributed by atoms with Gasteiger partial charge in [0.15, 0.2) is 5.78 Å². The predicted octanol–water partition coefficient (Wildman–Crippen LogP) is 6.04. The fraction of sp³-hybridized carbons (Fsp3) is 0.0714. The molecule has 0 unspecified atom stereocenters. The number of anilines is 1. The van der Waals surface area contributed by atoms with Crippen LogP contribution in [0.5, 0.6) is 0 Å². The van der Waals surface area contributed by atoms with Crippen LogP contribution >= 0.6 is 0 Å². The van der Waals surface area contributed by atoms with Crippen LogP contribution in [0, 0.1) is 17.0 Å². The Hall–Kier alpha value is -4.83. The van der Waals surface area contributed by atoms with Crippen molar-refractivity contribution in [2.45, 2.75) is 18.7 Å². The second kappa shape index (κ2) is 9.24. The molecule has 1 aromatic heterocycles. The summed E-state index contributed by atoms with van der Waals surface area (Å²) in [6.45, 7) is 3.00. The van der Waals surface area contributed by atoms with Crippen molar-refractivity contribution in [3.8, 4) is 0 Å². The van der Waals surface area contributed by atoms with Gasteiger partial charge < -0.3 is 4.42 Å². The van der Waals surface area contributed by atoms with Crippen molar-refractivity contribution in [1.29, 1.82) is 0 Å². The number of sulfonamides is 1. The third kappa shape index (κ3) is 4.20. The summed E-state index contributed by atoms with van der Waals surface area (Å²) in [4.78, 5) is 36.4. The van der Waals surface area contributed by atoms with Gasteiger partial charge in [-0.05, 0) is 67.1 Å². The molecule has 0 aliphatic rings. The van der Waals surface area contributed by atoms with E-state index in [2.05, 4.69) is 0 Å². The zero-order valence-electron chi connectivity index (χ0n) is 20.2. The summed E-state index contributed by atoms with van der Waals surface area (Å²) in [5.41, 5.74) is 0.314. The van der Waals surface area contributed by atoms with E-state index in [1.165, 1.54) is 49.4 Å². The first-order chi connectivity index (χ1) is 18.1. The molecular formula is C28H20N2O7S. The molecule has 0 spiro atoms. The van der Waals surface area contributed by atoms with Crippen molar-refractivity contribution < 1.29 is 27.3 Å². The van der Waals surface area contributed by atoms with E-state index in [0.29, 0.717) is 26.4 Å². The summed E-state index contributed by atoms with van der Waals surface area (Å²) in [5.74, 6) is -0.823. The summed E-state index contributed by atoms with van der Waals surface area (Å²) in [7, 11) is -4.48. The zero-order chi connectivity index (χ0) is 27.2. The minimum Gasteiger partial charge on any atom is -0.461 e. The second-order valence-corrected chi connectivity index (χ2v) is 10.4. The molecule has 1 amide bonds. The number of benzene rings is 4. The van der Waals surface area contributed by atoms with Gasteiger partial charge in [-0.25, -0.2) is 8.42 Å². The smallest absolute Gasteiger partial charge is 0.272 e. The number of nitro benzene ring substituents is 1. The van der Waals surface area contributed by atoms with Gasteiger partial charge in [-0.3, -0.25) is 19.7 Å². The number of fused-ring (bicyclic) bond motifs is 2. The summed E-state index contributed by atoms with van der Waals surface area (Å²) in [6, 6.07) is 20.7. The number of non-ortho nitro benzene ring substituents is 1. The summed E-state index contributed by atoms with van der Waals surface area (Å²) in [6.07, 6.45) is 0. The Morgan fingerprint density at radius 3 is 2.24 bits per heavy atom. The highest BCUT2D eigenvalue weighted by Crippen LogP contribution is 2.34. The topological polar surface area (TPSA) is 128 Å². The van der Waals surface area contributed by atoms with Crippen molar-refractivity contribution in [2.24, 2.45) is 0 Å².